The monoisotopic (exact) mass is 578 g/mol. The van der Waals surface area contributed by atoms with Gasteiger partial charge in [-0.15, -0.1) is 11.3 Å². The van der Waals surface area contributed by atoms with E-state index in [1.165, 1.54) is 47.8 Å². The van der Waals surface area contributed by atoms with E-state index in [2.05, 4.69) is 162 Å². The normalized spacial score (nSPS) is 11.6. The number of fused-ring (bicyclic) bond motifs is 6. The third-order valence-electron chi connectivity index (χ3n) is 8.61. The van der Waals surface area contributed by atoms with Gasteiger partial charge in [0, 0.05) is 36.7 Å². The zero-order chi connectivity index (χ0) is 29.0. The SMILES string of the molecule is c1ccc(-c2ccc(-n3c(-c4ccc5sc6ccccc6c5c4)nc4c5ccccc5ccc43)c(-c3ccccc3)c2)cc1. The minimum atomic E-state index is 0.943. The van der Waals surface area contributed by atoms with Crippen LogP contribution in [0.1, 0.15) is 0 Å². The van der Waals surface area contributed by atoms with Crippen molar-refractivity contribution in [3.8, 4) is 39.3 Å². The quantitative estimate of drug-likeness (QED) is 0.203. The molecule has 0 aliphatic carbocycles. The highest BCUT2D eigenvalue weighted by atomic mass is 32.1. The first-order valence-electron chi connectivity index (χ1n) is 14.9. The van der Waals surface area contributed by atoms with Crippen LogP contribution in [0.4, 0.5) is 0 Å². The van der Waals surface area contributed by atoms with Crippen LogP contribution in [0.2, 0.25) is 0 Å². The van der Waals surface area contributed by atoms with Gasteiger partial charge in [-0.2, -0.15) is 0 Å². The summed E-state index contributed by atoms with van der Waals surface area (Å²) in [6.07, 6.45) is 0. The first-order valence-corrected chi connectivity index (χ1v) is 15.7. The molecule has 0 saturated heterocycles. The predicted octanol–water partition coefficient (Wildman–Crippen LogP) is 11.5. The molecule has 0 spiro atoms. The van der Waals surface area contributed by atoms with Crippen LogP contribution in [0.25, 0.3) is 81.3 Å². The number of rotatable bonds is 4. The predicted molar refractivity (Wildman–Crippen MR) is 188 cm³/mol. The number of thiophene rings is 1. The van der Waals surface area contributed by atoms with E-state index in [0.29, 0.717) is 0 Å². The molecular weight excluding hydrogens is 553 g/mol. The second-order valence-corrected chi connectivity index (χ2v) is 12.3. The summed E-state index contributed by atoms with van der Waals surface area (Å²) in [5.41, 5.74) is 9.06. The van der Waals surface area contributed by atoms with Gasteiger partial charge < -0.3 is 0 Å². The molecule has 0 N–H and O–H groups in total. The summed E-state index contributed by atoms with van der Waals surface area (Å²) < 4.78 is 4.97. The van der Waals surface area contributed by atoms with E-state index in [1.807, 2.05) is 11.3 Å². The van der Waals surface area contributed by atoms with Gasteiger partial charge in [0.25, 0.3) is 0 Å². The summed E-state index contributed by atoms with van der Waals surface area (Å²) in [5.74, 6) is 0.943. The number of aromatic nitrogens is 2. The maximum Gasteiger partial charge on any atom is 0.145 e. The molecule has 0 bridgehead atoms. The fourth-order valence-electron chi connectivity index (χ4n) is 6.50. The lowest BCUT2D eigenvalue weighted by Gasteiger charge is -2.17. The summed E-state index contributed by atoms with van der Waals surface area (Å²) in [6, 6.07) is 56.7. The third-order valence-corrected chi connectivity index (χ3v) is 9.77. The van der Waals surface area contributed by atoms with E-state index in [0.717, 1.165) is 33.5 Å². The van der Waals surface area contributed by atoms with E-state index in [-0.39, 0.29) is 0 Å². The van der Waals surface area contributed by atoms with Crippen molar-refractivity contribution in [2.24, 2.45) is 0 Å². The molecule has 2 heterocycles. The Balaban J connectivity index is 1.37. The smallest absolute Gasteiger partial charge is 0.145 e. The number of nitrogens with zero attached hydrogens (tertiary/aromatic N) is 2. The first-order chi connectivity index (χ1) is 21.8. The van der Waals surface area contributed by atoms with Crippen molar-refractivity contribution in [1.82, 2.24) is 9.55 Å². The molecule has 7 aromatic carbocycles. The molecule has 9 aromatic rings. The molecule has 44 heavy (non-hydrogen) atoms. The lowest BCUT2D eigenvalue weighted by molar-refractivity contribution is 1.11. The average Bonchev–Trinajstić information content (AvgIpc) is 3.67. The van der Waals surface area contributed by atoms with E-state index in [9.17, 15) is 0 Å². The number of hydrogen-bond donors (Lipinski definition) is 0. The fraction of sp³-hybridized carbons (Fsp3) is 0. The second-order valence-electron chi connectivity index (χ2n) is 11.2. The summed E-state index contributed by atoms with van der Waals surface area (Å²) in [7, 11) is 0. The molecule has 0 aliphatic heterocycles. The molecular formula is C41H26N2S. The van der Waals surface area contributed by atoms with Gasteiger partial charge in [0.05, 0.1) is 16.7 Å². The highest BCUT2D eigenvalue weighted by molar-refractivity contribution is 7.25. The highest BCUT2D eigenvalue weighted by Gasteiger charge is 2.20. The van der Waals surface area contributed by atoms with Gasteiger partial charge in [-0.25, -0.2) is 4.98 Å². The van der Waals surface area contributed by atoms with Gasteiger partial charge in [0.2, 0.25) is 0 Å². The Labute approximate surface area is 259 Å². The van der Waals surface area contributed by atoms with Gasteiger partial charge in [0.1, 0.15) is 5.82 Å². The van der Waals surface area contributed by atoms with Crippen LogP contribution in [0.3, 0.4) is 0 Å². The van der Waals surface area contributed by atoms with Gasteiger partial charge in [0.15, 0.2) is 0 Å². The van der Waals surface area contributed by atoms with Crippen molar-refractivity contribution in [2.45, 2.75) is 0 Å². The van der Waals surface area contributed by atoms with Crippen LogP contribution >= 0.6 is 11.3 Å². The first kappa shape index (κ1) is 25.0. The summed E-state index contributed by atoms with van der Waals surface area (Å²) in [6.45, 7) is 0. The molecule has 0 aliphatic rings. The number of imidazole rings is 1. The van der Waals surface area contributed by atoms with Crippen molar-refractivity contribution in [3.63, 3.8) is 0 Å². The van der Waals surface area contributed by atoms with Gasteiger partial charge in [-0.3, -0.25) is 4.57 Å². The van der Waals surface area contributed by atoms with Crippen LogP contribution in [-0.4, -0.2) is 9.55 Å². The molecule has 0 atom stereocenters. The minimum absolute atomic E-state index is 0.943. The highest BCUT2D eigenvalue weighted by Crippen LogP contribution is 2.41. The van der Waals surface area contributed by atoms with Crippen LogP contribution in [0.15, 0.2) is 158 Å². The maximum atomic E-state index is 5.44. The molecule has 9 rings (SSSR count). The molecule has 0 unspecified atom stereocenters. The minimum Gasteiger partial charge on any atom is -0.292 e. The molecule has 0 amide bonds. The van der Waals surface area contributed by atoms with Gasteiger partial charge >= 0.3 is 0 Å². The number of benzene rings is 7. The Hall–Kier alpha value is -5.51. The molecule has 206 valence electrons. The van der Waals surface area contributed by atoms with Crippen molar-refractivity contribution < 1.29 is 0 Å². The molecule has 3 heteroatoms. The lowest BCUT2D eigenvalue weighted by Crippen LogP contribution is -2.01. The van der Waals surface area contributed by atoms with Crippen LogP contribution in [0.5, 0.6) is 0 Å². The third kappa shape index (κ3) is 3.98. The number of hydrogen-bond acceptors (Lipinski definition) is 2. The Morgan fingerprint density at radius 3 is 1.98 bits per heavy atom. The molecule has 2 nitrogen and oxygen atoms in total. The van der Waals surface area contributed by atoms with Crippen LogP contribution in [0, 0.1) is 0 Å². The zero-order valence-corrected chi connectivity index (χ0v) is 24.6. The molecule has 0 radical (unpaired) electrons. The van der Waals surface area contributed by atoms with E-state index in [4.69, 9.17) is 4.98 Å². The molecule has 0 fully saturated rings. The standard InChI is InChI=1S/C41H26N2S/c1-3-11-27(12-4-1)30-20-22-36(34(25-30)28-13-5-2-6-14-28)43-37-23-19-29-15-7-8-16-32(29)40(37)42-41(43)31-21-24-39-35(26-31)33-17-9-10-18-38(33)44-39/h1-26H. The van der Waals surface area contributed by atoms with Crippen LogP contribution < -0.4 is 0 Å². The van der Waals surface area contributed by atoms with Crippen molar-refractivity contribution >= 4 is 53.3 Å². The van der Waals surface area contributed by atoms with Crippen molar-refractivity contribution in [3.05, 3.63) is 158 Å². The summed E-state index contributed by atoms with van der Waals surface area (Å²) in [4.78, 5) is 5.44. The van der Waals surface area contributed by atoms with E-state index < -0.39 is 0 Å². The topological polar surface area (TPSA) is 17.8 Å². The second kappa shape index (κ2) is 10.0. The van der Waals surface area contributed by atoms with Crippen LogP contribution in [-0.2, 0) is 0 Å². The zero-order valence-electron chi connectivity index (χ0n) is 23.8. The summed E-state index contributed by atoms with van der Waals surface area (Å²) >= 11 is 1.85. The fourth-order valence-corrected chi connectivity index (χ4v) is 7.59. The van der Waals surface area contributed by atoms with Crippen molar-refractivity contribution in [1.29, 1.82) is 0 Å². The molecule has 2 aromatic heterocycles. The van der Waals surface area contributed by atoms with Gasteiger partial charge in [-0.05, 0) is 64.5 Å². The summed E-state index contributed by atoms with van der Waals surface area (Å²) in [5, 5.41) is 4.92. The Morgan fingerprint density at radius 1 is 0.455 bits per heavy atom. The van der Waals surface area contributed by atoms with Gasteiger partial charge in [-0.1, -0.05) is 115 Å². The van der Waals surface area contributed by atoms with E-state index in [1.54, 1.807) is 0 Å². The Kier molecular flexibility index (Phi) is 5.71. The maximum absolute atomic E-state index is 5.44. The van der Waals surface area contributed by atoms with Crippen molar-refractivity contribution in [2.75, 3.05) is 0 Å². The Bertz CT molecular complexity index is 2490. The lowest BCUT2D eigenvalue weighted by atomic mass is 9.97. The van der Waals surface area contributed by atoms with E-state index >= 15 is 0 Å². The molecule has 0 saturated carbocycles. The average molecular weight is 579 g/mol. The Morgan fingerprint density at radius 2 is 1.14 bits per heavy atom. The largest absolute Gasteiger partial charge is 0.292 e.